The second-order valence-electron chi connectivity index (χ2n) is 4.44. The lowest BCUT2D eigenvalue weighted by molar-refractivity contribution is -0.155. The van der Waals surface area contributed by atoms with E-state index in [2.05, 4.69) is 0 Å². The van der Waals surface area contributed by atoms with Gasteiger partial charge >= 0.3 is 11.9 Å². The van der Waals surface area contributed by atoms with Crippen LogP contribution < -0.4 is 0 Å². The number of carboxylic acids is 2. The van der Waals surface area contributed by atoms with Crippen LogP contribution in [0.1, 0.15) is 26.2 Å². The maximum absolute atomic E-state index is 11.3. The van der Waals surface area contributed by atoms with E-state index in [1.807, 2.05) is 0 Å². The fourth-order valence-electron chi connectivity index (χ4n) is 1.97. The van der Waals surface area contributed by atoms with Crippen molar-refractivity contribution in [2.75, 3.05) is 13.2 Å². The van der Waals surface area contributed by atoms with Crippen LogP contribution in [-0.2, 0) is 28.6 Å². The van der Waals surface area contributed by atoms with E-state index in [1.165, 1.54) is 0 Å². The highest BCUT2D eigenvalue weighted by Gasteiger charge is 2.43. The zero-order chi connectivity index (χ0) is 15.1. The lowest BCUT2D eigenvalue weighted by atomic mass is 10.1. The number of aliphatic carboxylic acids is 2. The predicted octanol–water partition coefficient (Wildman–Crippen LogP) is 0.0416. The van der Waals surface area contributed by atoms with Crippen molar-refractivity contribution in [2.45, 2.75) is 44.5 Å². The summed E-state index contributed by atoms with van der Waals surface area (Å²) >= 11 is 0. The lowest BCUT2D eigenvalue weighted by Crippen LogP contribution is -2.32. The fourth-order valence-corrected chi connectivity index (χ4v) is 1.97. The summed E-state index contributed by atoms with van der Waals surface area (Å²) in [5.41, 5.74) is 0. The monoisotopic (exact) mass is 290 g/mol. The molecule has 2 fully saturated rings. The number of carbonyl (C=O) groups excluding carboxylic acids is 1. The average molecular weight is 290 g/mol. The lowest BCUT2D eigenvalue weighted by Gasteiger charge is -2.16. The van der Waals surface area contributed by atoms with Crippen molar-refractivity contribution >= 4 is 17.9 Å². The van der Waals surface area contributed by atoms with Crippen molar-refractivity contribution in [2.24, 2.45) is 0 Å². The van der Waals surface area contributed by atoms with Gasteiger partial charge in [-0.05, 0) is 6.42 Å². The molecule has 2 aliphatic rings. The van der Waals surface area contributed by atoms with E-state index in [4.69, 9.17) is 29.2 Å². The molecule has 2 N–H and O–H groups in total. The zero-order valence-electron chi connectivity index (χ0n) is 11.1. The molecule has 0 spiro atoms. The van der Waals surface area contributed by atoms with Gasteiger partial charge in [-0.3, -0.25) is 14.4 Å². The molecular weight excluding hydrogens is 272 g/mol. The van der Waals surface area contributed by atoms with Crippen molar-refractivity contribution in [1.82, 2.24) is 0 Å². The number of fused-ring (bicyclic) bond motifs is 1. The Bertz CT molecular complexity index is 362. The molecule has 0 aromatic carbocycles. The topological polar surface area (TPSA) is 119 Å². The Balaban J connectivity index is 0.000000444. The molecular formula is C12H18O8. The minimum Gasteiger partial charge on any atom is -0.481 e. The molecule has 20 heavy (non-hydrogen) atoms. The second-order valence-corrected chi connectivity index (χ2v) is 4.44. The molecule has 0 aliphatic carbocycles. The highest BCUT2D eigenvalue weighted by molar-refractivity contribution is 5.76. The van der Waals surface area contributed by atoms with Gasteiger partial charge in [0.1, 0.15) is 6.10 Å². The Morgan fingerprint density at radius 3 is 2.45 bits per heavy atom. The van der Waals surface area contributed by atoms with Gasteiger partial charge in [-0.15, -0.1) is 0 Å². The Hall–Kier alpha value is -1.67. The van der Waals surface area contributed by atoms with Gasteiger partial charge in [0.15, 0.2) is 6.10 Å². The van der Waals surface area contributed by atoms with Crippen LogP contribution in [0.3, 0.4) is 0 Å². The molecule has 8 heteroatoms. The zero-order valence-corrected chi connectivity index (χ0v) is 11.1. The number of ether oxygens (including phenoxy) is 3. The maximum atomic E-state index is 11.3. The summed E-state index contributed by atoms with van der Waals surface area (Å²) < 4.78 is 15.9. The fraction of sp³-hybridized carbons (Fsp3) is 0.750. The van der Waals surface area contributed by atoms with E-state index in [0.717, 1.165) is 13.3 Å². The van der Waals surface area contributed by atoms with Crippen LogP contribution in [0, 0.1) is 0 Å². The Morgan fingerprint density at radius 1 is 1.20 bits per heavy atom. The minimum absolute atomic E-state index is 0.0253. The third-order valence-corrected chi connectivity index (χ3v) is 2.75. The summed E-state index contributed by atoms with van der Waals surface area (Å²) in [6.45, 7) is 2.05. The summed E-state index contributed by atoms with van der Waals surface area (Å²) in [5.74, 6) is -2.35. The average Bonchev–Trinajstić information content (AvgIpc) is 2.90. The molecule has 0 aromatic rings. The van der Waals surface area contributed by atoms with Crippen molar-refractivity contribution in [3.63, 3.8) is 0 Å². The Morgan fingerprint density at radius 2 is 1.85 bits per heavy atom. The van der Waals surface area contributed by atoms with Crippen LogP contribution >= 0.6 is 0 Å². The molecule has 2 aliphatic heterocycles. The van der Waals surface area contributed by atoms with Crippen LogP contribution in [0.5, 0.6) is 0 Å². The van der Waals surface area contributed by atoms with Gasteiger partial charge in [0.25, 0.3) is 5.97 Å². The van der Waals surface area contributed by atoms with E-state index in [-0.39, 0.29) is 31.2 Å². The predicted molar refractivity (Wildman–Crippen MR) is 64.2 cm³/mol. The summed E-state index contributed by atoms with van der Waals surface area (Å²) in [7, 11) is 0. The van der Waals surface area contributed by atoms with Gasteiger partial charge in [-0.25, -0.2) is 0 Å². The number of carbonyl (C=O) groups is 3. The molecule has 2 rings (SSSR count). The van der Waals surface area contributed by atoms with E-state index in [1.54, 1.807) is 0 Å². The van der Waals surface area contributed by atoms with Crippen molar-refractivity contribution < 1.29 is 38.8 Å². The number of hydrogen-bond acceptors (Lipinski definition) is 6. The van der Waals surface area contributed by atoms with Crippen LogP contribution in [0.15, 0.2) is 0 Å². The first-order valence-electron chi connectivity index (χ1n) is 6.24. The largest absolute Gasteiger partial charge is 0.481 e. The molecule has 2 heterocycles. The smallest absolute Gasteiger partial charge is 0.306 e. The third-order valence-electron chi connectivity index (χ3n) is 2.75. The quantitative estimate of drug-likeness (QED) is 0.696. The number of carboxylic acid groups (broad SMARTS) is 2. The summed E-state index contributed by atoms with van der Waals surface area (Å²) in [4.78, 5) is 30.6. The first-order chi connectivity index (χ1) is 9.40. The molecule has 0 saturated carbocycles. The SMILES string of the molecule is CC(=O)O.O=C(O)CCC(=O)OC1CO[C@@H]2CCO[C@H]12. The van der Waals surface area contributed by atoms with Gasteiger partial charge < -0.3 is 24.4 Å². The maximum Gasteiger partial charge on any atom is 0.306 e. The van der Waals surface area contributed by atoms with Crippen LogP contribution in [-0.4, -0.2) is 59.6 Å². The highest BCUT2D eigenvalue weighted by atomic mass is 16.6. The van der Waals surface area contributed by atoms with Crippen LogP contribution in [0.25, 0.3) is 0 Å². The number of rotatable bonds is 4. The molecule has 3 atom stereocenters. The molecule has 2 saturated heterocycles. The summed E-state index contributed by atoms with van der Waals surface area (Å²) in [6, 6.07) is 0. The molecule has 1 unspecified atom stereocenters. The van der Waals surface area contributed by atoms with Gasteiger partial charge in [0, 0.05) is 13.5 Å². The highest BCUT2D eigenvalue weighted by Crippen LogP contribution is 2.28. The minimum atomic E-state index is -1.00. The summed E-state index contributed by atoms with van der Waals surface area (Å²) in [5, 5.41) is 15.8. The van der Waals surface area contributed by atoms with Crippen molar-refractivity contribution in [1.29, 1.82) is 0 Å². The van der Waals surface area contributed by atoms with Crippen LogP contribution in [0.4, 0.5) is 0 Å². The third kappa shape index (κ3) is 5.54. The van der Waals surface area contributed by atoms with Crippen molar-refractivity contribution in [3.8, 4) is 0 Å². The standard InChI is InChI=1S/C10H14O6.C2H4O2/c11-8(12)1-2-9(13)16-7-5-15-6-3-4-14-10(6)7;1-2(3)4/h6-7,10H,1-5H2,(H,11,12);1H3,(H,3,4)/t6-,7?,10+;/m1./s1. The molecule has 8 nitrogen and oxygen atoms in total. The Kier molecular flexibility index (Phi) is 6.40. The first-order valence-corrected chi connectivity index (χ1v) is 6.24. The normalized spacial score (nSPS) is 27.1. The van der Waals surface area contributed by atoms with E-state index in [9.17, 15) is 9.59 Å². The Labute approximate surface area is 115 Å². The van der Waals surface area contributed by atoms with Gasteiger partial charge in [0.05, 0.1) is 25.6 Å². The molecule has 0 aromatic heterocycles. The van der Waals surface area contributed by atoms with Gasteiger partial charge in [-0.1, -0.05) is 0 Å². The first kappa shape index (κ1) is 16.4. The van der Waals surface area contributed by atoms with E-state index < -0.39 is 17.9 Å². The van der Waals surface area contributed by atoms with E-state index in [0.29, 0.717) is 13.2 Å². The van der Waals surface area contributed by atoms with Crippen molar-refractivity contribution in [3.05, 3.63) is 0 Å². The van der Waals surface area contributed by atoms with Gasteiger partial charge in [0.2, 0.25) is 0 Å². The number of esters is 1. The van der Waals surface area contributed by atoms with Gasteiger partial charge in [-0.2, -0.15) is 0 Å². The molecule has 114 valence electrons. The molecule has 0 amide bonds. The van der Waals surface area contributed by atoms with E-state index >= 15 is 0 Å². The number of hydrogen-bond donors (Lipinski definition) is 2. The second kappa shape index (κ2) is 7.81. The summed E-state index contributed by atoms with van der Waals surface area (Å²) in [6.07, 6.45) is -0.0156. The molecule has 0 bridgehead atoms. The van der Waals surface area contributed by atoms with Crippen LogP contribution in [0.2, 0.25) is 0 Å². The molecule has 0 radical (unpaired) electrons.